The minimum atomic E-state index is -3.85. The molecule has 33 heavy (non-hydrogen) atoms. The van der Waals surface area contributed by atoms with Crippen molar-refractivity contribution < 1.29 is 22.7 Å². The summed E-state index contributed by atoms with van der Waals surface area (Å²) < 4.78 is 33.8. The van der Waals surface area contributed by atoms with E-state index in [1.165, 1.54) is 6.07 Å². The number of ether oxygens (including phenoxy) is 1. The Labute approximate surface area is 192 Å². The second kappa shape index (κ2) is 10.2. The zero-order chi connectivity index (χ0) is 24.0. The first-order valence-corrected chi connectivity index (χ1v) is 11.6. The van der Waals surface area contributed by atoms with Gasteiger partial charge in [-0.3, -0.25) is 14.3 Å². The molecule has 0 fully saturated rings. The maximum Gasteiger partial charge on any atom is 0.262 e. The van der Waals surface area contributed by atoms with Crippen LogP contribution in [0.5, 0.6) is 5.75 Å². The Kier molecular flexibility index (Phi) is 7.34. The highest BCUT2D eigenvalue weighted by molar-refractivity contribution is 7.92. The molecule has 0 aromatic heterocycles. The summed E-state index contributed by atoms with van der Waals surface area (Å²) in [7, 11) is -3.85. The van der Waals surface area contributed by atoms with Crippen molar-refractivity contribution in [3.63, 3.8) is 0 Å². The Bertz CT molecular complexity index is 1270. The van der Waals surface area contributed by atoms with E-state index in [4.69, 9.17) is 10.5 Å². The van der Waals surface area contributed by atoms with Gasteiger partial charge in [0.05, 0.1) is 11.3 Å². The molecular weight excluding hydrogens is 442 g/mol. The zero-order valence-electron chi connectivity index (χ0n) is 18.3. The fourth-order valence-electron chi connectivity index (χ4n) is 3.14. The Morgan fingerprint density at radius 3 is 2.33 bits per heavy atom. The molecule has 9 heteroatoms. The lowest BCUT2D eigenvalue weighted by molar-refractivity contribution is -0.118. The molecule has 0 saturated heterocycles. The Morgan fingerprint density at radius 1 is 0.939 bits per heavy atom. The van der Waals surface area contributed by atoms with E-state index in [-0.39, 0.29) is 17.9 Å². The van der Waals surface area contributed by atoms with E-state index in [1.807, 2.05) is 13.0 Å². The summed E-state index contributed by atoms with van der Waals surface area (Å²) in [5, 5.41) is 2.65. The molecule has 0 atom stereocenters. The number of anilines is 2. The lowest BCUT2D eigenvalue weighted by Crippen LogP contribution is -2.21. The summed E-state index contributed by atoms with van der Waals surface area (Å²) in [6.45, 7) is 3.28. The number of nitrogens with one attached hydrogen (secondary N) is 2. The van der Waals surface area contributed by atoms with Gasteiger partial charge in [0.25, 0.3) is 15.9 Å². The number of hydrogen-bond donors (Lipinski definition) is 3. The van der Waals surface area contributed by atoms with Crippen molar-refractivity contribution in [3.05, 3.63) is 83.4 Å². The number of carbonyl (C=O) groups excluding carboxylic acids is 2. The van der Waals surface area contributed by atoms with Crippen LogP contribution in [0, 0.1) is 13.8 Å². The fourth-order valence-corrected chi connectivity index (χ4v) is 4.46. The average Bonchev–Trinajstić information content (AvgIpc) is 2.74. The van der Waals surface area contributed by atoms with Crippen LogP contribution in [0.15, 0.2) is 71.6 Å². The maximum atomic E-state index is 12.9. The van der Waals surface area contributed by atoms with Crippen molar-refractivity contribution in [1.29, 1.82) is 0 Å². The van der Waals surface area contributed by atoms with Crippen LogP contribution in [0.25, 0.3) is 0 Å². The minimum Gasteiger partial charge on any atom is -0.484 e. The molecule has 0 aliphatic rings. The van der Waals surface area contributed by atoms with Gasteiger partial charge >= 0.3 is 0 Å². The van der Waals surface area contributed by atoms with Crippen LogP contribution in [0.4, 0.5) is 11.4 Å². The average molecular weight is 468 g/mol. The number of benzene rings is 3. The van der Waals surface area contributed by atoms with Gasteiger partial charge in [-0.2, -0.15) is 0 Å². The standard InChI is InChI=1S/C24H25N3O5S/c1-16-4-3-5-20(12-16)27-33(30,31)22-14-19(9-6-17(22)2)26-24(29)15-32-21-10-7-18(8-11-21)13-23(25)28/h3-12,14,27H,13,15H2,1-2H3,(H2,25,28)(H,26,29). The monoisotopic (exact) mass is 467 g/mol. The fraction of sp³-hybridized carbons (Fsp3) is 0.167. The predicted molar refractivity (Wildman–Crippen MR) is 127 cm³/mol. The number of amides is 2. The van der Waals surface area contributed by atoms with Gasteiger partial charge in [0, 0.05) is 11.4 Å². The Balaban J connectivity index is 1.65. The normalized spacial score (nSPS) is 11.0. The Hall–Kier alpha value is -3.85. The number of primary amides is 1. The van der Waals surface area contributed by atoms with Gasteiger partial charge in [-0.05, 0) is 66.9 Å². The largest absolute Gasteiger partial charge is 0.484 e. The molecule has 3 aromatic rings. The first-order valence-electron chi connectivity index (χ1n) is 10.1. The number of rotatable bonds is 9. The van der Waals surface area contributed by atoms with Gasteiger partial charge in [0.2, 0.25) is 5.91 Å². The number of nitrogens with two attached hydrogens (primary N) is 1. The van der Waals surface area contributed by atoms with Gasteiger partial charge in [-0.1, -0.05) is 30.3 Å². The number of carbonyl (C=O) groups is 2. The maximum absolute atomic E-state index is 12.9. The molecule has 172 valence electrons. The van der Waals surface area contributed by atoms with Crippen molar-refractivity contribution in [3.8, 4) is 5.75 Å². The van der Waals surface area contributed by atoms with E-state index in [1.54, 1.807) is 61.5 Å². The first-order chi connectivity index (χ1) is 15.6. The minimum absolute atomic E-state index is 0.0627. The summed E-state index contributed by atoms with van der Waals surface area (Å²) in [6.07, 6.45) is 0.123. The molecule has 3 rings (SSSR count). The van der Waals surface area contributed by atoms with Crippen LogP contribution in [0.2, 0.25) is 0 Å². The van der Waals surface area contributed by atoms with E-state index >= 15 is 0 Å². The summed E-state index contributed by atoms with van der Waals surface area (Å²) in [6, 6.07) is 18.4. The van der Waals surface area contributed by atoms with Crippen molar-refractivity contribution in [1.82, 2.24) is 0 Å². The van der Waals surface area contributed by atoms with E-state index in [0.29, 0.717) is 22.7 Å². The first kappa shape index (κ1) is 23.8. The van der Waals surface area contributed by atoms with Crippen LogP contribution in [0.3, 0.4) is 0 Å². The number of aryl methyl sites for hydroxylation is 2. The molecule has 0 radical (unpaired) electrons. The predicted octanol–water partition coefficient (Wildman–Crippen LogP) is 3.15. The van der Waals surface area contributed by atoms with Crippen molar-refractivity contribution >= 4 is 33.2 Å². The SMILES string of the molecule is Cc1cccc(NS(=O)(=O)c2cc(NC(=O)COc3ccc(CC(N)=O)cc3)ccc2C)c1. The van der Waals surface area contributed by atoms with Crippen molar-refractivity contribution in [2.45, 2.75) is 25.2 Å². The molecule has 0 aliphatic carbocycles. The highest BCUT2D eigenvalue weighted by Crippen LogP contribution is 2.23. The van der Waals surface area contributed by atoms with Crippen LogP contribution in [-0.4, -0.2) is 26.8 Å². The lowest BCUT2D eigenvalue weighted by atomic mass is 10.1. The van der Waals surface area contributed by atoms with Gasteiger partial charge in [0.1, 0.15) is 5.75 Å². The van der Waals surface area contributed by atoms with Crippen LogP contribution < -0.4 is 20.5 Å². The highest BCUT2D eigenvalue weighted by atomic mass is 32.2. The summed E-state index contributed by atoms with van der Waals surface area (Å²) in [5.41, 5.74) is 8.16. The van der Waals surface area contributed by atoms with Gasteiger partial charge in [-0.25, -0.2) is 8.42 Å². The molecule has 4 N–H and O–H groups in total. The molecule has 2 amide bonds. The topological polar surface area (TPSA) is 128 Å². The van der Waals surface area contributed by atoms with Crippen molar-refractivity contribution in [2.24, 2.45) is 5.73 Å². The van der Waals surface area contributed by atoms with Gasteiger partial charge < -0.3 is 15.8 Å². The van der Waals surface area contributed by atoms with Crippen LogP contribution in [0.1, 0.15) is 16.7 Å². The van der Waals surface area contributed by atoms with E-state index in [2.05, 4.69) is 10.0 Å². The molecule has 0 spiro atoms. The van der Waals surface area contributed by atoms with Crippen molar-refractivity contribution in [2.75, 3.05) is 16.6 Å². The molecule has 0 heterocycles. The molecular formula is C24H25N3O5S. The quantitative estimate of drug-likeness (QED) is 0.445. The second-order valence-corrected chi connectivity index (χ2v) is 9.23. The summed E-state index contributed by atoms with van der Waals surface area (Å²) in [4.78, 5) is 23.3. The molecule has 0 aliphatic heterocycles. The lowest BCUT2D eigenvalue weighted by Gasteiger charge is -2.13. The smallest absolute Gasteiger partial charge is 0.262 e. The molecule has 8 nitrogen and oxygen atoms in total. The second-order valence-electron chi connectivity index (χ2n) is 7.58. The third-order valence-electron chi connectivity index (χ3n) is 4.70. The summed E-state index contributed by atoms with van der Waals surface area (Å²) >= 11 is 0. The van der Waals surface area contributed by atoms with Gasteiger partial charge in [-0.15, -0.1) is 0 Å². The molecule has 0 saturated carbocycles. The molecule has 3 aromatic carbocycles. The third-order valence-corrected chi connectivity index (χ3v) is 6.23. The number of sulfonamides is 1. The molecule has 0 bridgehead atoms. The summed E-state index contributed by atoms with van der Waals surface area (Å²) in [5.74, 6) is -0.431. The zero-order valence-corrected chi connectivity index (χ0v) is 19.1. The van der Waals surface area contributed by atoms with Crippen LogP contribution >= 0.6 is 0 Å². The molecule has 0 unspecified atom stereocenters. The van der Waals surface area contributed by atoms with E-state index < -0.39 is 21.8 Å². The Morgan fingerprint density at radius 2 is 1.67 bits per heavy atom. The number of hydrogen-bond acceptors (Lipinski definition) is 5. The highest BCUT2D eigenvalue weighted by Gasteiger charge is 2.18. The van der Waals surface area contributed by atoms with Gasteiger partial charge in [0.15, 0.2) is 6.61 Å². The van der Waals surface area contributed by atoms with E-state index in [9.17, 15) is 18.0 Å². The third kappa shape index (κ3) is 6.81. The van der Waals surface area contributed by atoms with E-state index in [0.717, 1.165) is 11.1 Å². The van der Waals surface area contributed by atoms with Crippen LogP contribution in [-0.2, 0) is 26.0 Å².